The van der Waals surface area contributed by atoms with E-state index in [9.17, 15) is 9.32 Å². The maximum atomic E-state index is 14.0. The molecule has 1 saturated carbocycles. The van der Waals surface area contributed by atoms with Gasteiger partial charge < -0.3 is 14.6 Å². The Balaban J connectivity index is 1.71. The first-order valence-electron chi connectivity index (χ1n) is 12.5. The molecule has 1 unspecified atom stereocenters. The van der Waals surface area contributed by atoms with Crippen LogP contribution in [0.3, 0.4) is 0 Å². The van der Waals surface area contributed by atoms with Crippen LogP contribution in [0.5, 0.6) is 11.5 Å². The third-order valence-corrected chi connectivity index (χ3v) is 11.1. The van der Waals surface area contributed by atoms with Crippen LogP contribution in [0.1, 0.15) is 38.7 Å². The predicted molar refractivity (Wildman–Crippen MR) is 142 cm³/mol. The van der Waals surface area contributed by atoms with Gasteiger partial charge in [-0.25, -0.2) is 8.57 Å². The van der Waals surface area contributed by atoms with Gasteiger partial charge in [-0.1, -0.05) is 50.6 Å². The summed E-state index contributed by atoms with van der Waals surface area (Å²) in [4.78, 5) is 0.690. The molecule has 35 heavy (non-hydrogen) atoms. The third-order valence-electron chi connectivity index (χ3n) is 8.58. The standard InChI is InChI=1S/C29H39NO4S/c1-21-13-15-26-25(28(21,2)19-22-18-23(33-4)14-16-27(22)34-5)12-9-17-29(26,31)20-35(32,30-3)24-10-7-6-8-11-24/h6-8,10-11,13-16,18,21,25-26,31H,9,12,17,19-20H2,1-5H3/t21-,25-,26+,28-,29+,35?/m1/s1. The SMILES string of the molecule is CN=S(=O)(C[C@@]1(O)CCC[C@@H]2[C@@H]1C=C[C@@H](C)[C@@]2(C)Cc1cc(OC)ccc1OC)c1ccccc1. The average Bonchev–Trinajstić information content (AvgIpc) is 2.87. The largest absolute Gasteiger partial charge is 0.497 e. The lowest BCUT2D eigenvalue weighted by molar-refractivity contribution is -0.0829. The molecular formula is C29H39NO4S. The lowest BCUT2D eigenvalue weighted by Crippen LogP contribution is -2.55. The maximum Gasteiger partial charge on any atom is 0.122 e. The second-order valence-electron chi connectivity index (χ2n) is 10.4. The summed E-state index contributed by atoms with van der Waals surface area (Å²) in [6.07, 6.45) is 7.81. The van der Waals surface area contributed by atoms with Gasteiger partial charge in [-0.05, 0) is 72.4 Å². The van der Waals surface area contributed by atoms with Crippen molar-refractivity contribution in [1.29, 1.82) is 0 Å². The van der Waals surface area contributed by atoms with Gasteiger partial charge in [0.25, 0.3) is 0 Å². The van der Waals surface area contributed by atoms with Crippen LogP contribution in [0.4, 0.5) is 0 Å². The summed E-state index contributed by atoms with van der Waals surface area (Å²) in [5.41, 5.74) is -0.0723. The topological polar surface area (TPSA) is 68.1 Å². The highest BCUT2D eigenvalue weighted by Crippen LogP contribution is 2.56. The van der Waals surface area contributed by atoms with E-state index in [0.717, 1.165) is 36.3 Å². The molecule has 0 bridgehead atoms. The Morgan fingerprint density at radius 2 is 1.86 bits per heavy atom. The van der Waals surface area contributed by atoms with Crippen molar-refractivity contribution in [3.63, 3.8) is 0 Å². The number of aliphatic hydroxyl groups is 1. The van der Waals surface area contributed by atoms with Crippen LogP contribution in [0.2, 0.25) is 0 Å². The van der Waals surface area contributed by atoms with Gasteiger partial charge in [0.2, 0.25) is 0 Å². The molecule has 6 atom stereocenters. The average molecular weight is 498 g/mol. The Labute approximate surface area is 210 Å². The van der Waals surface area contributed by atoms with E-state index >= 15 is 0 Å². The van der Waals surface area contributed by atoms with E-state index in [1.165, 1.54) is 0 Å². The summed E-state index contributed by atoms with van der Waals surface area (Å²) in [5, 5.41) is 12.1. The van der Waals surface area contributed by atoms with Crippen molar-refractivity contribution in [2.24, 2.45) is 27.5 Å². The molecular weight excluding hydrogens is 458 g/mol. The summed E-state index contributed by atoms with van der Waals surface area (Å²) in [6.45, 7) is 4.60. The highest BCUT2D eigenvalue weighted by molar-refractivity contribution is 7.93. The van der Waals surface area contributed by atoms with Crippen LogP contribution < -0.4 is 9.47 Å². The molecule has 0 saturated heterocycles. The molecule has 6 heteroatoms. The Morgan fingerprint density at radius 1 is 1.11 bits per heavy atom. The van der Waals surface area contributed by atoms with Crippen molar-refractivity contribution in [2.45, 2.75) is 50.0 Å². The molecule has 0 amide bonds. The lowest BCUT2D eigenvalue weighted by atomic mass is 9.52. The fourth-order valence-electron chi connectivity index (χ4n) is 6.36. The summed E-state index contributed by atoms with van der Waals surface area (Å²) in [6, 6.07) is 15.3. The molecule has 2 aliphatic carbocycles. The Morgan fingerprint density at radius 3 is 2.51 bits per heavy atom. The Bertz CT molecular complexity index is 1190. The van der Waals surface area contributed by atoms with Gasteiger partial charge in [0.15, 0.2) is 0 Å². The summed E-state index contributed by atoms with van der Waals surface area (Å²) in [5.74, 6) is 2.30. The molecule has 190 valence electrons. The number of methoxy groups -OCH3 is 2. The molecule has 0 aromatic heterocycles. The van der Waals surface area contributed by atoms with Crippen LogP contribution in [-0.2, 0) is 16.1 Å². The number of ether oxygens (including phenoxy) is 2. The monoisotopic (exact) mass is 497 g/mol. The number of hydrogen-bond donors (Lipinski definition) is 1. The fourth-order valence-corrected chi connectivity index (χ4v) is 8.47. The number of fused-ring (bicyclic) bond motifs is 1. The smallest absolute Gasteiger partial charge is 0.122 e. The molecule has 0 spiro atoms. The third kappa shape index (κ3) is 4.75. The first kappa shape index (κ1) is 25.8. The maximum absolute atomic E-state index is 14.0. The Hall–Kier alpha value is -2.31. The van der Waals surface area contributed by atoms with Crippen molar-refractivity contribution >= 4 is 9.73 Å². The van der Waals surface area contributed by atoms with Gasteiger partial charge in [-0.2, -0.15) is 0 Å². The van der Waals surface area contributed by atoms with Crippen LogP contribution in [-0.4, -0.2) is 41.9 Å². The van der Waals surface area contributed by atoms with E-state index in [1.807, 2.05) is 42.5 Å². The van der Waals surface area contributed by atoms with Gasteiger partial charge >= 0.3 is 0 Å². The molecule has 2 aromatic carbocycles. The van der Waals surface area contributed by atoms with E-state index in [0.29, 0.717) is 17.2 Å². The summed E-state index contributed by atoms with van der Waals surface area (Å²) < 4.78 is 29.5. The first-order chi connectivity index (χ1) is 16.7. The van der Waals surface area contributed by atoms with E-state index in [4.69, 9.17) is 9.47 Å². The van der Waals surface area contributed by atoms with Crippen LogP contribution >= 0.6 is 0 Å². The zero-order valence-electron chi connectivity index (χ0n) is 21.6. The lowest BCUT2D eigenvalue weighted by Gasteiger charge is -2.55. The number of rotatable bonds is 7. The van der Waals surface area contributed by atoms with E-state index in [-0.39, 0.29) is 23.0 Å². The number of allylic oxidation sites excluding steroid dienone is 1. The van der Waals surface area contributed by atoms with Crippen molar-refractivity contribution in [3.8, 4) is 11.5 Å². The minimum absolute atomic E-state index is 0.0830. The van der Waals surface area contributed by atoms with Gasteiger partial charge in [-0.3, -0.25) is 0 Å². The zero-order valence-corrected chi connectivity index (χ0v) is 22.4. The fraction of sp³-hybridized carbons (Fsp3) is 0.517. The second kappa shape index (κ2) is 9.98. The molecule has 2 aliphatic rings. The predicted octanol–water partition coefficient (Wildman–Crippen LogP) is 5.76. The number of benzene rings is 2. The highest BCUT2D eigenvalue weighted by Gasteiger charge is 2.54. The minimum Gasteiger partial charge on any atom is -0.497 e. The zero-order chi connectivity index (χ0) is 25.3. The normalized spacial score (nSPS) is 31.8. The van der Waals surface area contributed by atoms with Gasteiger partial charge in [0.1, 0.15) is 11.5 Å². The Kier molecular flexibility index (Phi) is 7.35. The molecule has 4 rings (SSSR count). The molecule has 1 N–H and O–H groups in total. The van der Waals surface area contributed by atoms with Gasteiger partial charge in [0.05, 0.1) is 35.3 Å². The van der Waals surface area contributed by atoms with Crippen molar-refractivity contribution in [1.82, 2.24) is 0 Å². The van der Waals surface area contributed by atoms with Gasteiger partial charge in [0, 0.05) is 17.9 Å². The van der Waals surface area contributed by atoms with Crippen molar-refractivity contribution < 1.29 is 18.8 Å². The molecule has 0 radical (unpaired) electrons. The summed E-state index contributed by atoms with van der Waals surface area (Å²) in [7, 11) is 2.25. The van der Waals surface area contributed by atoms with E-state index in [1.54, 1.807) is 21.3 Å². The molecule has 5 nitrogen and oxygen atoms in total. The van der Waals surface area contributed by atoms with Crippen molar-refractivity contribution in [3.05, 3.63) is 66.2 Å². The highest BCUT2D eigenvalue weighted by atomic mass is 32.2. The molecule has 2 aromatic rings. The van der Waals surface area contributed by atoms with Crippen molar-refractivity contribution in [2.75, 3.05) is 27.0 Å². The first-order valence-corrected chi connectivity index (χ1v) is 14.2. The molecule has 0 aliphatic heterocycles. The minimum atomic E-state index is -2.74. The molecule has 0 heterocycles. The van der Waals surface area contributed by atoms with Crippen LogP contribution in [0, 0.1) is 23.2 Å². The van der Waals surface area contributed by atoms with E-state index < -0.39 is 15.3 Å². The number of hydrogen-bond acceptors (Lipinski definition) is 5. The van der Waals surface area contributed by atoms with Crippen LogP contribution in [0.25, 0.3) is 0 Å². The summed E-state index contributed by atoms with van der Waals surface area (Å²) >= 11 is 0. The second-order valence-corrected chi connectivity index (χ2v) is 12.8. The van der Waals surface area contributed by atoms with Crippen LogP contribution in [0.15, 0.2) is 69.9 Å². The van der Waals surface area contributed by atoms with Gasteiger partial charge in [-0.15, -0.1) is 0 Å². The van der Waals surface area contributed by atoms with E-state index in [2.05, 4.69) is 36.4 Å². The number of nitrogens with zero attached hydrogens (tertiary/aromatic N) is 1. The molecule has 1 fully saturated rings. The quantitative estimate of drug-likeness (QED) is 0.494.